The smallest absolute Gasteiger partial charge is 0.205 e. The van der Waals surface area contributed by atoms with Crippen molar-refractivity contribution >= 4 is 16.7 Å². The summed E-state index contributed by atoms with van der Waals surface area (Å²) in [4.78, 5) is 6.90. The van der Waals surface area contributed by atoms with Crippen molar-refractivity contribution in [1.29, 1.82) is 0 Å². The van der Waals surface area contributed by atoms with Crippen LogP contribution in [0.4, 0.5) is 5.13 Å². The van der Waals surface area contributed by atoms with E-state index in [0.717, 1.165) is 23.9 Å². The van der Waals surface area contributed by atoms with Crippen LogP contribution in [0.1, 0.15) is 39.9 Å². The van der Waals surface area contributed by atoms with Crippen LogP contribution >= 0.6 is 11.5 Å². The van der Waals surface area contributed by atoms with Crippen LogP contribution in [-0.2, 0) is 5.41 Å². The van der Waals surface area contributed by atoms with E-state index in [4.69, 9.17) is 5.73 Å². The predicted octanol–water partition coefficient (Wildman–Crippen LogP) is 1.76. The normalized spacial score (nSPS) is 26.4. The molecule has 2 unspecified atom stereocenters. The molecule has 90 valence electrons. The Hall–Kier alpha value is -0.680. The molecule has 1 aliphatic heterocycles. The lowest BCUT2D eigenvalue weighted by atomic mass is 9.96. The number of anilines is 1. The third-order valence-electron chi connectivity index (χ3n) is 3.15. The number of hydrogen-bond donors (Lipinski definition) is 1. The molecule has 16 heavy (non-hydrogen) atoms. The summed E-state index contributed by atoms with van der Waals surface area (Å²) in [5, 5.41) is 1.02. The van der Waals surface area contributed by atoms with E-state index in [2.05, 4.69) is 42.0 Å². The highest BCUT2D eigenvalue weighted by Crippen LogP contribution is 2.29. The number of nitrogens with zero attached hydrogens (tertiary/aromatic N) is 3. The van der Waals surface area contributed by atoms with Gasteiger partial charge in [0.25, 0.3) is 0 Å². The SMILES string of the molecule is CC1C(N)CCN1c1nc(C(C)(C)C)ns1. The van der Waals surface area contributed by atoms with Gasteiger partial charge in [0.1, 0.15) is 5.82 Å². The van der Waals surface area contributed by atoms with Crippen LogP contribution in [0.3, 0.4) is 0 Å². The minimum atomic E-state index is 0.0276. The second kappa shape index (κ2) is 3.96. The second-order valence-electron chi connectivity index (χ2n) is 5.54. The monoisotopic (exact) mass is 240 g/mol. The van der Waals surface area contributed by atoms with Crippen LogP contribution in [0.5, 0.6) is 0 Å². The van der Waals surface area contributed by atoms with Gasteiger partial charge < -0.3 is 10.6 Å². The standard InChI is InChI=1S/C11H20N4S/c1-7-8(12)5-6-15(7)10-13-9(14-16-10)11(2,3)4/h7-8H,5-6,12H2,1-4H3. The van der Waals surface area contributed by atoms with Crippen molar-refractivity contribution in [1.82, 2.24) is 9.36 Å². The number of nitrogens with two attached hydrogens (primary N) is 1. The topological polar surface area (TPSA) is 55.0 Å². The van der Waals surface area contributed by atoms with E-state index in [0.29, 0.717) is 6.04 Å². The molecule has 2 rings (SSSR count). The molecule has 2 heterocycles. The van der Waals surface area contributed by atoms with Crippen molar-refractivity contribution < 1.29 is 0 Å². The molecular weight excluding hydrogens is 220 g/mol. The van der Waals surface area contributed by atoms with Gasteiger partial charge in [0, 0.05) is 35.6 Å². The molecule has 1 saturated heterocycles. The Balaban J connectivity index is 2.20. The molecule has 0 radical (unpaired) electrons. The van der Waals surface area contributed by atoms with Gasteiger partial charge in [-0.3, -0.25) is 0 Å². The first-order valence-electron chi connectivity index (χ1n) is 5.76. The van der Waals surface area contributed by atoms with Crippen molar-refractivity contribution in [2.75, 3.05) is 11.4 Å². The maximum atomic E-state index is 6.01. The Bertz CT molecular complexity index is 368. The molecule has 4 nitrogen and oxygen atoms in total. The lowest BCUT2D eigenvalue weighted by Crippen LogP contribution is -2.36. The molecule has 1 aromatic heterocycles. The summed E-state index contributed by atoms with van der Waals surface area (Å²) in [6.07, 6.45) is 1.05. The third kappa shape index (κ3) is 2.06. The fourth-order valence-electron chi connectivity index (χ4n) is 1.87. The summed E-state index contributed by atoms with van der Waals surface area (Å²) in [7, 11) is 0. The molecule has 1 aromatic rings. The quantitative estimate of drug-likeness (QED) is 0.812. The van der Waals surface area contributed by atoms with E-state index < -0.39 is 0 Å². The zero-order chi connectivity index (χ0) is 11.9. The minimum absolute atomic E-state index is 0.0276. The summed E-state index contributed by atoms with van der Waals surface area (Å²) in [5.41, 5.74) is 6.04. The van der Waals surface area contributed by atoms with E-state index in [-0.39, 0.29) is 11.5 Å². The largest absolute Gasteiger partial charge is 0.343 e. The second-order valence-corrected chi connectivity index (χ2v) is 6.27. The van der Waals surface area contributed by atoms with Crippen LogP contribution in [-0.4, -0.2) is 28.0 Å². The predicted molar refractivity (Wildman–Crippen MR) is 68.0 cm³/mol. The maximum absolute atomic E-state index is 6.01. The van der Waals surface area contributed by atoms with Crippen molar-refractivity contribution in [3.05, 3.63) is 5.82 Å². The van der Waals surface area contributed by atoms with Gasteiger partial charge in [-0.2, -0.15) is 4.37 Å². The van der Waals surface area contributed by atoms with Gasteiger partial charge in [-0.1, -0.05) is 20.8 Å². The summed E-state index contributed by atoms with van der Waals surface area (Å²) in [5.74, 6) is 0.931. The average Bonchev–Trinajstić information content (AvgIpc) is 2.74. The van der Waals surface area contributed by atoms with Crippen LogP contribution in [0.15, 0.2) is 0 Å². The van der Waals surface area contributed by atoms with E-state index in [1.807, 2.05) is 0 Å². The lowest BCUT2D eigenvalue weighted by Gasteiger charge is -2.21. The Morgan fingerprint density at radius 2 is 2.12 bits per heavy atom. The highest BCUT2D eigenvalue weighted by Gasteiger charge is 2.31. The average molecular weight is 240 g/mol. The highest BCUT2D eigenvalue weighted by atomic mass is 32.1. The van der Waals surface area contributed by atoms with Gasteiger partial charge in [0.05, 0.1) is 0 Å². The first kappa shape index (κ1) is 11.8. The zero-order valence-electron chi connectivity index (χ0n) is 10.4. The molecule has 0 saturated carbocycles. The van der Waals surface area contributed by atoms with Crippen LogP contribution in [0.2, 0.25) is 0 Å². The van der Waals surface area contributed by atoms with Crippen molar-refractivity contribution in [3.8, 4) is 0 Å². The molecule has 0 aliphatic carbocycles. The van der Waals surface area contributed by atoms with Crippen LogP contribution in [0, 0.1) is 0 Å². The minimum Gasteiger partial charge on any atom is -0.343 e. The summed E-state index contributed by atoms with van der Waals surface area (Å²) in [6, 6.07) is 0.641. The van der Waals surface area contributed by atoms with Gasteiger partial charge in [-0.15, -0.1) is 0 Å². The molecule has 0 bridgehead atoms. The number of rotatable bonds is 1. The van der Waals surface area contributed by atoms with Crippen molar-refractivity contribution in [3.63, 3.8) is 0 Å². The summed E-state index contributed by atoms with van der Waals surface area (Å²) in [6.45, 7) is 9.57. The molecule has 0 aromatic carbocycles. The molecule has 2 N–H and O–H groups in total. The fourth-order valence-corrected chi connectivity index (χ4v) is 2.84. The van der Waals surface area contributed by atoms with Crippen molar-refractivity contribution in [2.24, 2.45) is 5.73 Å². The van der Waals surface area contributed by atoms with Crippen LogP contribution in [0.25, 0.3) is 0 Å². The Kier molecular flexibility index (Phi) is 2.92. The molecular formula is C11H20N4S. The molecule has 5 heteroatoms. The van der Waals surface area contributed by atoms with E-state index in [1.54, 1.807) is 0 Å². The molecule has 2 atom stereocenters. The molecule has 0 amide bonds. The Labute approximate surface area is 101 Å². The van der Waals surface area contributed by atoms with Crippen molar-refractivity contribution in [2.45, 2.75) is 51.6 Å². The summed E-state index contributed by atoms with van der Waals surface area (Å²) < 4.78 is 4.44. The highest BCUT2D eigenvalue weighted by molar-refractivity contribution is 7.09. The van der Waals surface area contributed by atoms with Gasteiger partial charge >= 0.3 is 0 Å². The lowest BCUT2D eigenvalue weighted by molar-refractivity contribution is 0.553. The zero-order valence-corrected chi connectivity index (χ0v) is 11.2. The van der Waals surface area contributed by atoms with Crippen LogP contribution < -0.4 is 10.6 Å². The van der Waals surface area contributed by atoms with E-state index >= 15 is 0 Å². The third-order valence-corrected chi connectivity index (χ3v) is 3.90. The Morgan fingerprint density at radius 1 is 1.44 bits per heavy atom. The Morgan fingerprint density at radius 3 is 2.56 bits per heavy atom. The first-order valence-corrected chi connectivity index (χ1v) is 6.53. The van der Waals surface area contributed by atoms with Gasteiger partial charge in [-0.05, 0) is 13.3 Å². The molecule has 1 aliphatic rings. The molecule has 1 fully saturated rings. The van der Waals surface area contributed by atoms with Gasteiger partial charge in [0.15, 0.2) is 0 Å². The fraction of sp³-hybridized carbons (Fsp3) is 0.818. The van der Waals surface area contributed by atoms with E-state index in [1.165, 1.54) is 11.5 Å². The maximum Gasteiger partial charge on any atom is 0.205 e. The van der Waals surface area contributed by atoms with Gasteiger partial charge in [0.2, 0.25) is 5.13 Å². The number of aromatic nitrogens is 2. The summed E-state index contributed by atoms with van der Waals surface area (Å²) >= 11 is 1.49. The number of hydrogen-bond acceptors (Lipinski definition) is 5. The van der Waals surface area contributed by atoms with Gasteiger partial charge in [-0.25, -0.2) is 4.98 Å². The molecule has 0 spiro atoms. The first-order chi connectivity index (χ1) is 7.39. The van der Waals surface area contributed by atoms with E-state index in [9.17, 15) is 0 Å².